The number of nitrogens with two attached hydrogens (primary N) is 1. The summed E-state index contributed by atoms with van der Waals surface area (Å²) < 4.78 is 18.4. The van der Waals surface area contributed by atoms with Crippen molar-refractivity contribution >= 4 is 5.91 Å². The van der Waals surface area contributed by atoms with Crippen LogP contribution >= 0.6 is 0 Å². The molecule has 0 bridgehead atoms. The molecule has 1 amide bonds. The third-order valence-corrected chi connectivity index (χ3v) is 3.34. The zero-order chi connectivity index (χ0) is 13.8. The third-order valence-electron chi connectivity index (χ3n) is 3.34. The maximum Gasteiger partial charge on any atom is 0.253 e. The van der Waals surface area contributed by atoms with Gasteiger partial charge in [0.1, 0.15) is 5.82 Å². The van der Waals surface area contributed by atoms with Gasteiger partial charge in [0.05, 0.1) is 6.61 Å². The number of amides is 1. The van der Waals surface area contributed by atoms with Gasteiger partial charge in [-0.15, -0.1) is 0 Å². The summed E-state index contributed by atoms with van der Waals surface area (Å²) in [6.45, 7) is 1.44. The molecule has 1 saturated heterocycles. The highest BCUT2D eigenvalue weighted by Crippen LogP contribution is 2.16. The van der Waals surface area contributed by atoms with Gasteiger partial charge in [0, 0.05) is 37.4 Å². The maximum absolute atomic E-state index is 13.5. The van der Waals surface area contributed by atoms with Gasteiger partial charge in [0.25, 0.3) is 5.91 Å². The van der Waals surface area contributed by atoms with Crippen LogP contribution in [0.5, 0.6) is 0 Å². The number of likely N-dealkylation sites (tertiary alicyclic amines) is 1. The Hall–Kier alpha value is -1.46. The van der Waals surface area contributed by atoms with E-state index in [0.29, 0.717) is 24.2 Å². The molecular weight excluding hydrogens is 247 g/mol. The normalized spacial score (nSPS) is 19.5. The average Bonchev–Trinajstić information content (AvgIpc) is 2.41. The molecule has 104 valence electrons. The standard InChI is InChI=1S/C14H19FN2O2/c1-19-9-11-7-10(4-5-13(11)15)14(18)17-6-2-3-12(16)8-17/h4-5,7,12H,2-3,6,8-9,16H2,1H3/t12-/m0/s1. The molecule has 2 rings (SSSR count). The van der Waals surface area contributed by atoms with Crippen molar-refractivity contribution in [1.82, 2.24) is 4.90 Å². The van der Waals surface area contributed by atoms with Crippen LogP contribution in [0.2, 0.25) is 0 Å². The quantitative estimate of drug-likeness (QED) is 0.902. The van der Waals surface area contributed by atoms with Gasteiger partial charge in [-0.1, -0.05) is 0 Å². The molecule has 0 spiro atoms. The van der Waals surface area contributed by atoms with Crippen LogP contribution in [0.4, 0.5) is 4.39 Å². The van der Waals surface area contributed by atoms with Crippen LogP contribution in [0.15, 0.2) is 18.2 Å². The number of piperidine rings is 1. The minimum absolute atomic E-state index is 0.0385. The minimum Gasteiger partial charge on any atom is -0.380 e. The van der Waals surface area contributed by atoms with Crippen LogP contribution in [0.1, 0.15) is 28.8 Å². The number of nitrogens with zero attached hydrogens (tertiary/aromatic N) is 1. The van der Waals surface area contributed by atoms with Crippen molar-refractivity contribution in [1.29, 1.82) is 0 Å². The zero-order valence-electron chi connectivity index (χ0n) is 11.1. The Morgan fingerprint density at radius 2 is 2.37 bits per heavy atom. The monoisotopic (exact) mass is 266 g/mol. The molecule has 0 aliphatic carbocycles. The van der Waals surface area contributed by atoms with E-state index in [9.17, 15) is 9.18 Å². The zero-order valence-corrected chi connectivity index (χ0v) is 11.1. The van der Waals surface area contributed by atoms with Crippen molar-refractivity contribution in [3.8, 4) is 0 Å². The number of hydrogen-bond acceptors (Lipinski definition) is 3. The maximum atomic E-state index is 13.5. The highest BCUT2D eigenvalue weighted by molar-refractivity contribution is 5.94. The number of halogens is 1. The van der Waals surface area contributed by atoms with Crippen LogP contribution in [-0.4, -0.2) is 37.0 Å². The van der Waals surface area contributed by atoms with Gasteiger partial charge in [-0.3, -0.25) is 4.79 Å². The van der Waals surface area contributed by atoms with Crippen LogP contribution in [0.25, 0.3) is 0 Å². The molecule has 0 saturated carbocycles. The Labute approximate surface area is 112 Å². The number of rotatable bonds is 3. The minimum atomic E-state index is -0.353. The van der Waals surface area contributed by atoms with Crippen LogP contribution in [0.3, 0.4) is 0 Å². The van der Waals surface area contributed by atoms with Crippen molar-refractivity contribution in [2.24, 2.45) is 5.73 Å². The van der Waals surface area contributed by atoms with Gasteiger partial charge in [-0.25, -0.2) is 4.39 Å². The van der Waals surface area contributed by atoms with E-state index < -0.39 is 0 Å². The van der Waals surface area contributed by atoms with E-state index in [4.69, 9.17) is 10.5 Å². The first-order chi connectivity index (χ1) is 9.11. The molecule has 0 unspecified atom stereocenters. The molecule has 2 N–H and O–H groups in total. The van der Waals surface area contributed by atoms with E-state index in [1.165, 1.54) is 19.2 Å². The SMILES string of the molecule is COCc1cc(C(=O)N2CCC[C@H](N)C2)ccc1F. The molecule has 1 aliphatic rings. The topological polar surface area (TPSA) is 55.6 Å². The fourth-order valence-corrected chi connectivity index (χ4v) is 2.35. The highest BCUT2D eigenvalue weighted by atomic mass is 19.1. The summed E-state index contributed by atoms with van der Waals surface area (Å²) in [6, 6.07) is 4.42. The summed E-state index contributed by atoms with van der Waals surface area (Å²) in [5.74, 6) is -0.443. The number of hydrogen-bond donors (Lipinski definition) is 1. The Kier molecular flexibility index (Phi) is 4.50. The lowest BCUT2D eigenvalue weighted by molar-refractivity contribution is 0.0708. The van der Waals surface area contributed by atoms with Crippen molar-refractivity contribution in [3.05, 3.63) is 35.1 Å². The van der Waals surface area contributed by atoms with Crippen LogP contribution in [0, 0.1) is 5.82 Å². The number of methoxy groups -OCH3 is 1. The molecule has 4 nitrogen and oxygen atoms in total. The van der Waals surface area contributed by atoms with Gasteiger partial charge >= 0.3 is 0 Å². The molecule has 5 heteroatoms. The molecular formula is C14H19FN2O2. The van der Waals surface area contributed by atoms with E-state index in [2.05, 4.69) is 0 Å². The molecule has 1 aliphatic heterocycles. The molecule has 1 heterocycles. The van der Waals surface area contributed by atoms with E-state index in [-0.39, 0.29) is 24.4 Å². The molecule has 0 aromatic heterocycles. The molecule has 1 atom stereocenters. The van der Waals surface area contributed by atoms with Gasteiger partial charge in [-0.05, 0) is 31.0 Å². The van der Waals surface area contributed by atoms with E-state index in [1.807, 2.05) is 0 Å². The number of benzene rings is 1. The summed E-state index contributed by atoms with van der Waals surface area (Å²) in [5, 5.41) is 0. The predicted octanol–water partition coefficient (Wildman–Crippen LogP) is 1.54. The molecule has 1 aromatic carbocycles. The Morgan fingerprint density at radius 3 is 3.05 bits per heavy atom. The fraction of sp³-hybridized carbons (Fsp3) is 0.500. The second-order valence-corrected chi connectivity index (χ2v) is 4.89. The molecule has 19 heavy (non-hydrogen) atoms. The number of carbonyl (C=O) groups excluding carboxylic acids is 1. The van der Waals surface area contributed by atoms with Crippen molar-refractivity contribution in [2.75, 3.05) is 20.2 Å². The van der Waals surface area contributed by atoms with Crippen LogP contribution < -0.4 is 5.73 Å². The first kappa shape index (κ1) is 14.0. The van der Waals surface area contributed by atoms with Gasteiger partial charge in [0.15, 0.2) is 0 Å². The summed E-state index contributed by atoms with van der Waals surface area (Å²) in [5.41, 5.74) is 6.76. The molecule has 0 radical (unpaired) electrons. The first-order valence-corrected chi connectivity index (χ1v) is 6.44. The molecule has 1 fully saturated rings. The fourth-order valence-electron chi connectivity index (χ4n) is 2.35. The van der Waals surface area contributed by atoms with E-state index >= 15 is 0 Å². The number of carbonyl (C=O) groups is 1. The Bertz CT molecular complexity index is 465. The Balaban J connectivity index is 2.16. The summed E-state index contributed by atoms with van der Waals surface area (Å²) in [4.78, 5) is 14.1. The van der Waals surface area contributed by atoms with Crippen LogP contribution in [-0.2, 0) is 11.3 Å². The second kappa shape index (κ2) is 6.12. The summed E-state index contributed by atoms with van der Waals surface area (Å²) in [7, 11) is 1.50. The lowest BCUT2D eigenvalue weighted by Gasteiger charge is -2.30. The van der Waals surface area contributed by atoms with Crippen molar-refractivity contribution in [3.63, 3.8) is 0 Å². The van der Waals surface area contributed by atoms with Crippen molar-refractivity contribution in [2.45, 2.75) is 25.5 Å². The predicted molar refractivity (Wildman–Crippen MR) is 70.2 cm³/mol. The number of ether oxygens (including phenoxy) is 1. The third kappa shape index (κ3) is 3.30. The highest BCUT2D eigenvalue weighted by Gasteiger charge is 2.22. The summed E-state index contributed by atoms with van der Waals surface area (Å²) >= 11 is 0. The second-order valence-electron chi connectivity index (χ2n) is 4.89. The van der Waals surface area contributed by atoms with Gasteiger partial charge in [-0.2, -0.15) is 0 Å². The van der Waals surface area contributed by atoms with Crippen molar-refractivity contribution < 1.29 is 13.9 Å². The smallest absolute Gasteiger partial charge is 0.253 e. The lowest BCUT2D eigenvalue weighted by atomic mass is 10.0. The van der Waals surface area contributed by atoms with Gasteiger partial charge < -0.3 is 15.4 Å². The van der Waals surface area contributed by atoms with Gasteiger partial charge in [0.2, 0.25) is 0 Å². The largest absolute Gasteiger partial charge is 0.380 e. The molecule has 1 aromatic rings. The average molecular weight is 266 g/mol. The van der Waals surface area contributed by atoms with E-state index in [0.717, 1.165) is 12.8 Å². The first-order valence-electron chi connectivity index (χ1n) is 6.44. The lowest BCUT2D eigenvalue weighted by Crippen LogP contribution is -2.45. The summed E-state index contributed by atoms with van der Waals surface area (Å²) in [6.07, 6.45) is 1.86. The van der Waals surface area contributed by atoms with E-state index in [1.54, 1.807) is 11.0 Å². The Morgan fingerprint density at radius 1 is 1.58 bits per heavy atom.